The molecule has 0 radical (unpaired) electrons. The highest BCUT2D eigenvalue weighted by molar-refractivity contribution is 8.04. The van der Waals surface area contributed by atoms with Crippen molar-refractivity contribution in [1.29, 1.82) is 5.26 Å². The van der Waals surface area contributed by atoms with Gasteiger partial charge in [-0.2, -0.15) is 5.26 Å². The van der Waals surface area contributed by atoms with Gasteiger partial charge in [0, 0.05) is 0 Å². The molecule has 0 spiro atoms. The molecule has 3 heteroatoms. The van der Waals surface area contributed by atoms with Gasteiger partial charge in [-0.25, -0.2) is 0 Å². The molecule has 0 amide bonds. The first-order chi connectivity index (χ1) is 11.8. The van der Waals surface area contributed by atoms with E-state index in [0.717, 1.165) is 17.5 Å². The van der Waals surface area contributed by atoms with Gasteiger partial charge in [-0.1, -0.05) is 66.7 Å². The summed E-state index contributed by atoms with van der Waals surface area (Å²) in [7, 11) is 0. The van der Waals surface area contributed by atoms with Crippen molar-refractivity contribution in [2.24, 2.45) is 0 Å². The summed E-state index contributed by atoms with van der Waals surface area (Å²) >= 11 is 1.22. The zero-order valence-corrected chi connectivity index (χ0v) is 13.9. The molecule has 0 saturated heterocycles. The molecule has 24 heavy (non-hydrogen) atoms. The summed E-state index contributed by atoms with van der Waals surface area (Å²) in [6.45, 7) is 0. The van der Waals surface area contributed by atoms with E-state index in [0.29, 0.717) is 0 Å². The van der Waals surface area contributed by atoms with Crippen molar-refractivity contribution in [3.05, 3.63) is 101 Å². The Morgan fingerprint density at radius 3 is 1.92 bits per heavy atom. The lowest BCUT2D eigenvalue weighted by Crippen LogP contribution is -1.97. The lowest BCUT2D eigenvalue weighted by Gasteiger charge is -2.14. The molecule has 2 nitrogen and oxygen atoms in total. The number of nitriles is 1. The fourth-order valence-corrected chi connectivity index (χ4v) is 3.36. The number of thiocyanates is 1. The summed E-state index contributed by atoms with van der Waals surface area (Å²) in [5.41, 5.74) is 4.63. The summed E-state index contributed by atoms with van der Waals surface area (Å²) in [4.78, 5) is 0. The molecular weight excluding hydrogens is 314 g/mol. The van der Waals surface area contributed by atoms with Crippen molar-refractivity contribution in [2.45, 2.75) is 11.7 Å². The smallest absolute Gasteiger partial charge is 0.134 e. The molecule has 0 heterocycles. The number of benzene rings is 3. The van der Waals surface area contributed by atoms with Crippen LogP contribution in [0.1, 0.15) is 27.5 Å². The zero-order chi connectivity index (χ0) is 16.8. The summed E-state index contributed by atoms with van der Waals surface area (Å²) in [6.07, 6.45) is 0.899. The van der Waals surface area contributed by atoms with Crippen molar-refractivity contribution in [1.82, 2.24) is 0 Å². The molecule has 0 aliphatic rings. The van der Waals surface area contributed by atoms with E-state index in [-0.39, 0.29) is 11.0 Å². The molecule has 0 aromatic heterocycles. The molecule has 1 N–H and O–H groups in total. The van der Waals surface area contributed by atoms with Crippen LogP contribution in [0.4, 0.5) is 0 Å². The van der Waals surface area contributed by atoms with Crippen molar-refractivity contribution in [3.63, 3.8) is 0 Å². The van der Waals surface area contributed by atoms with E-state index >= 15 is 0 Å². The fraction of sp³-hybridized carbons (Fsp3) is 0.0952. The lowest BCUT2D eigenvalue weighted by atomic mass is 10.00. The maximum absolute atomic E-state index is 9.44. The van der Waals surface area contributed by atoms with Gasteiger partial charge in [-0.15, -0.1) is 0 Å². The number of aromatic hydroxyl groups is 1. The van der Waals surface area contributed by atoms with Crippen LogP contribution in [0.3, 0.4) is 0 Å². The Balaban J connectivity index is 1.81. The standard InChI is InChI=1S/C21H17NOS/c22-15-24-21(19-10-12-20(23)13-11-19)18-8-6-17(7-9-18)14-16-4-2-1-3-5-16/h1-13,21,23H,14H2. The minimum Gasteiger partial charge on any atom is -0.508 e. The van der Waals surface area contributed by atoms with E-state index in [1.54, 1.807) is 12.1 Å². The SMILES string of the molecule is N#CSC(c1ccc(O)cc1)c1ccc(Cc2ccccc2)cc1. The summed E-state index contributed by atoms with van der Waals surface area (Å²) < 4.78 is 0. The zero-order valence-electron chi connectivity index (χ0n) is 13.1. The van der Waals surface area contributed by atoms with Crippen LogP contribution >= 0.6 is 11.8 Å². The Morgan fingerprint density at radius 1 is 0.792 bits per heavy atom. The van der Waals surface area contributed by atoms with E-state index in [9.17, 15) is 5.11 Å². The fourth-order valence-electron chi connectivity index (χ4n) is 2.67. The minimum atomic E-state index is -0.0543. The normalized spacial score (nSPS) is 11.6. The first kappa shape index (κ1) is 16.2. The summed E-state index contributed by atoms with van der Waals surface area (Å²) in [6, 6.07) is 25.8. The predicted octanol–water partition coefficient (Wildman–Crippen LogP) is 5.29. The Morgan fingerprint density at radius 2 is 1.33 bits per heavy atom. The summed E-state index contributed by atoms with van der Waals surface area (Å²) in [5, 5.41) is 20.7. The molecule has 3 rings (SSSR count). The third kappa shape index (κ3) is 3.98. The third-order valence-electron chi connectivity index (χ3n) is 3.90. The number of hydrogen-bond acceptors (Lipinski definition) is 3. The van der Waals surface area contributed by atoms with Crippen LogP contribution in [0, 0.1) is 10.7 Å². The van der Waals surface area contributed by atoms with Crippen LogP contribution in [0.2, 0.25) is 0 Å². The van der Waals surface area contributed by atoms with Gasteiger partial charge in [0.05, 0.1) is 5.25 Å². The predicted molar refractivity (Wildman–Crippen MR) is 98.8 cm³/mol. The van der Waals surface area contributed by atoms with Gasteiger partial charge in [-0.05, 0) is 52.6 Å². The molecule has 0 aliphatic heterocycles. The van der Waals surface area contributed by atoms with Crippen LogP contribution in [-0.2, 0) is 6.42 Å². The van der Waals surface area contributed by atoms with E-state index in [4.69, 9.17) is 5.26 Å². The average Bonchev–Trinajstić information content (AvgIpc) is 2.62. The quantitative estimate of drug-likeness (QED) is 0.646. The Kier molecular flexibility index (Phi) is 5.20. The van der Waals surface area contributed by atoms with Gasteiger partial charge in [0.15, 0.2) is 0 Å². The van der Waals surface area contributed by atoms with Gasteiger partial charge in [-0.3, -0.25) is 0 Å². The topological polar surface area (TPSA) is 44.0 Å². The van der Waals surface area contributed by atoms with Crippen LogP contribution in [0.15, 0.2) is 78.9 Å². The van der Waals surface area contributed by atoms with Crippen LogP contribution < -0.4 is 0 Å². The number of thioether (sulfide) groups is 1. The highest BCUT2D eigenvalue weighted by Gasteiger charge is 2.15. The largest absolute Gasteiger partial charge is 0.508 e. The number of rotatable bonds is 5. The maximum atomic E-state index is 9.44. The maximum Gasteiger partial charge on any atom is 0.134 e. The Hall–Kier alpha value is -2.70. The summed E-state index contributed by atoms with van der Waals surface area (Å²) in [5.74, 6) is 0.234. The Labute approximate surface area is 146 Å². The van der Waals surface area contributed by atoms with Gasteiger partial charge in [0.25, 0.3) is 0 Å². The number of hydrogen-bond donors (Lipinski definition) is 1. The van der Waals surface area contributed by atoms with Crippen LogP contribution in [0.5, 0.6) is 5.75 Å². The van der Waals surface area contributed by atoms with Gasteiger partial charge in [0.2, 0.25) is 0 Å². The first-order valence-electron chi connectivity index (χ1n) is 7.72. The van der Waals surface area contributed by atoms with Crippen molar-refractivity contribution >= 4 is 11.8 Å². The first-order valence-corrected chi connectivity index (χ1v) is 8.60. The van der Waals surface area contributed by atoms with Gasteiger partial charge >= 0.3 is 0 Å². The third-order valence-corrected chi connectivity index (χ3v) is 4.79. The molecule has 118 valence electrons. The van der Waals surface area contributed by atoms with Gasteiger partial charge in [0.1, 0.15) is 11.2 Å². The molecule has 1 atom stereocenters. The minimum absolute atomic E-state index is 0.0543. The van der Waals surface area contributed by atoms with Crippen LogP contribution in [-0.4, -0.2) is 5.11 Å². The lowest BCUT2D eigenvalue weighted by molar-refractivity contribution is 0.475. The van der Waals surface area contributed by atoms with E-state index < -0.39 is 0 Å². The highest BCUT2D eigenvalue weighted by Crippen LogP contribution is 2.35. The van der Waals surface area contributed by atoms with E-state index in [1.165, 1.54) is 22.9 Å². The number of phenolic OH excluding ortho intramolecular Hbond substituents is 1. The monoisotopic (exact) mass is 331 g/mol. The molecule has 1 unspecified atom stereocenters. The molecule has 0 bridgehead atoms. The molecule has 0 fully saturated rings. The van der Waals surface area contributed by atoms with Crippen molar-refractivity contribution in [3.8, 4) is 11.2 Å². The number of phenols is 1. The average molecular weight is 331 g/mol. The van der Waals surface area contributed by atoms with E-state index in [1.807, 2.05) is 30.3 Å². The second kappa shape index (κ2) is 7.72. The highest BCUT2D eigenvalue weighted by atomic mass is 32.2. The molecule has 3 aromatic rings. The van der Waals surface area contributed by atoms with Crippen molar-refractivity contribution < 1.29 is 5.11 Å². The van der Waals surface area contributed by atoms with Gasteiger partial charge < -0.3 is 5.11 Å². The molecular formula is C21H17NOS. The second-order valence-electron chi connectivity index (χ2n) is 5.58. The molecule has 0 aliphatic carbocycles. The second-order valence-corrected chi connectivity index (χ2v) is 6.47. The van der Waals surface area contributed by atoms with Crippen LogP contribution in [0.25, 0.3) is 0 Å². The Bertz CT molecular complexity index is 820. The number of nitrogens with zero attached hydrogens (tertiary/aromatic N) is 1. The molecule has 3 aromatic carbocycles. The van der Waals surface area contributed by atoms with E-state index in [2.05, 4.69) is 41.8 Å². The van der Waals surface area contributed by atoms with Crippen molar-refractivity contribution in [2.75, 3.05) is 0 Å². The molecule has 0 saturated carbocycles.